The van der Waals surface area contributed by atoms with Crippen molar-refractivity contribution in [3.05, 3.63) is 28.8 Å². The van der Waals surface area contributed by atoms with Gasteiger partial charge in [-0.05, 0) is 18.9 Å². The Morgan fingerprint density at radius 3 is 2.50 bits per heavy atom. The summed E-state index contributed by atoms with van der Waals surface area (Å²) in [5, 5.41) is 9.31. The molecule has 0 aliphatic carbocycles. The number of hydrogen-bond donors (Lipinski definition) is 1. The monoisotopic (exact) mass is 391 g/mol. The normalized spacial score (nSPS) is 10.7. The lowest BCUT2D eigenvalue weighted by Gasteiger charge is -2.20. The molecular weight excluding hydrogens is 366 g/mol. The van der Waals surface area contributed by atoms with Gasteiger partial charge in [-0.25, -0.2) is 4.98 Å². The van der Waals surface area contributed by atoms with Gasteiger partial charge in [0.05, 0.1) is 31.4 Å². The van der Waals surface area contributed by atoms with Gasteiger partial charge >= 0.3 is 5.97 Å². The number of rotatable bonds is 10. The van der Waals surface area contributed by atoms with Gasteiger partial charge in [0.25, 0.3) is 5.56 Å². The van der Waals surface area contributed by atoms with Gasteiger partial charge in [-0.2, -0.15) is 0 Å². The van der Waals surface area contributed by atoms with E-state index >= 15 is 0 Å². The van der Waals surface area contributed by atoms with Gasteiger partial charge in [-0.3, -0.25) is 19.0 Å². The van der Waals surface area contributed by atoms with E-state index in [9.17, 15) is 14.4 Å². The maximum Gasteiger partial charge on any atom is 0.323 e. The average molecular weight is 391 g/mol. The number of ether oxygens (including phenoxy) is 2. The molecule has 0 bridgehead atoms. The fraction of sp³-hybridized carbons (Fsp3) is 0.474. The largest absolute Gasteiger partial charge is 0.493 e. The van der Waals surface area contributed by atoms with Crippen molar-refractivity contribution in [2.75, 3.05) is 27.3 Å². The van der Waals surface area contributed by atoms with Crippen LogP contribution in [0.25, 0.3) is 10.9 Å². The molecule has 1 N–H and O–H groups in total. The van der Waals surface area contributed by atoms with Crippen LogP contribution in [0.15, 0.2) is 23.3 Å². The molecule has 2 rings (SSSR count). The Hall–Kier alpha value is -3.10. The van der Waals surface area contributed by atoms with Crippen molar-refractivity contribution in [2.24, 2.45) is 0 Å². The highest BCUT2D eigenvalue weighted by Crippen LogP contribution is 2.29. The number of carbonyl (C=O) groups excluding carboxylic acids is 1. The summed E-state index contributed by atoms with van der Waals surface area (Å²) in [4.78, 5) is 41.4. The first-order chi connectivity index (χ1) is 13.4. The number of carbonyl (C=O) groups is 2. The highest BCUT2D eigenvalue weighted by Gasteiger charge is 2.16. The molecule has 0 fully saturated rings. The summed E-state index contributed by atoms with van der Waals surface area (Å²) >= 11 is 0. The number of aryl methyl sites for hydroxylation is 1. The van der Waals surface area contributed by atoms with E-state index in [-0.39, 0.29) is 24.4 Å². The van der Waals surface area contributed by atoms with Gasteiger partial charge in [-0.1, -0.05) is 6.92 Å². The van der Waals surface area contributed by atoms with Crippen molar-refractivity contribution in [3.63, 3.8) is 0 Å². The molecule has 1 aromatic heterocycles. The number of fused-ring (bicyclic) bond motifs is 1. The standard InChI is InChI=1S/C19H25N3O6/c1-4-7-21(11-18(24)25)17(23)6-5-8-22-12-20-14-10-16(28-3)15(27-2)9-13(14)19(22)26/h9-10,12H,4-8,11H2,1-3H3,(H,24,25). The van der Waals surface area contributed by atoms with Crippen molar-refractivity contribution >= 4 is 22.8 Å². The summed E-state index contributed by atoms with van der Waals surface area (Å²) in [5.74, 6) is -0.357. The third kappa shape index (κ3) is 4.99. The zero-order valence-electron chi connectivity index (χ0n) is 16.3. The first kappa shape index (κ1) is 21.2. The minimum Gasteiger partial charge on any atom is -0.493 e. The quantitative estimate of drug-likeness (QED) is 0.653. The average Bonchev–Trinajstić information content (AvgIpc) is 2.68. The molecule has 0 spiro atoms. The molecule has 0 saturated carbocycles. The molecular formula is C19H25N3O6. The minimum atomic E-state index is -1.04. The summed E-state index contributed by atoms with van der Waals surface area (Å²) in [6.07, 6.45) is 2.67. The van der Waals surface area contributed by atoms with Crippen LogP contribution in [0.4, 0.5) is 0 Å². The molecule has 0 atom stereocenters. The molecule has 0 aliphatic heterocycles. The lowest BCUT2D eigenvalue weighted by molar-refractivity contribution is -0.144. The van der Waals surface area contributed by atoms with Crippen LogP contribution in [0, 0.1) is 0 Å². The van der Waals surface area contributed by atoms with Crippen LogP contribution in [0.2, 0.25) is 0 Å². The van der Waals surface area contributed by atoms with Gasteiger partial charge in [0.2, 0.25) is 5.91 Å². The molecule has 9 nitrogen and oxygen atoms in total. The van der Waals surface area contributed by atoms with Crippen molar-refractivity contribution in [1.82, 2.24) is 14.5 Å². The Balaban J connectivity index is 2.12. The van der Waals surface area contributed by atoms with Gasteiger partial charge in [-0.15, -0.1) is 0 Å². The summed E-state index contributed by atoms with van der Waals surface area (Å²) in [6.45, 7) is 2.26. The molecule has 1 aromatic carbocycles. The van der Waals surface area contributed by atoms with E-state index in [0.717, 1.165) is 0 Å². The lowest BCUT2D eigenvalue weighted by Crippen LogP contribution is -2.36. The third-order valence-electron chi connectivity index (χ3n) is 4.29. The Kier molecular flexibility index (Phi) is 7.36. The SMILES string of the molecule is CCCN(CC(=O)O)C(=O)CCCn1cnc2cc(OC)c(OC)cc2c1=O. The molecule has 0 unspecified atom stereocenters. The Morgan fingerprint density at radius 1 is 1.21 bits per heavy atom. The summed E-state index contributed by atoms with van der Waals surface area (Å²) in [5.41, 5.74) is 0.250. The Bertz CT molecular complexity index is 908. The molecule has 2 aromatic rings. The fourth-order valence-corrected chi connectivity index (χ4v) is 2.93. The number of nitrogens with zero attached hydrogens (tertiary/aromatic N) is 3. The van der Waals surface area contributed by atoms with E-state index in [1.165, 1.54) is 30.0 Å². The van der Waals surface area contributed by atoms with Gasteiger partial charge in [0.15, 0.2) is 11.5 Å². The van der Waals surface area contributed by atoms with E-state index in [2.05, 4.69) is 4.98 Å². The smallest absolute Gasteiger partial charge is 0.323 e. The molecule has 0 radical (unpaired) electrons. The lowest BCUT2D eigenvalue weighted by atomic mass is 10.2. The maximum absolute atomic E-state index is 12.7. The fourth-order valence-electron chi connectivity index (χ4n) is 2.93. The molecule has 152 valence electrons. The highest BCUT2D eigenvalue weighted by atomic mass is 16.5. The maximum atomic E-state index is 12.7. The number of carboxylic acid groups (broad SMARTS) is 1. The predicted molar refractivity (Wildman–Crippen MR) is 103 cm³/mol. The molecule has 9 heteroatoms. The zero-order chi connectivity index (χ0) is 20.7. The van der Waals surface area contributed by atoms with Crippen LogP contribution < -0.4 is 15.0 Å². The number of carboxylic acids is 1. The number of methoxy groups -OCH3 is 2. The van der Waals surface area contributed by atoms with Crippen LogP contribution >= 0.6 is 0 Å². The van der Waals surface area contributed by atoms with E-state index in [4.69, 9.17) is 14.6 Å². The van der Waals surface area contributed by atoms with Crippen molar-refractivity contribution in [3.8, 4) is 11.5 Å². The number of hydrogen-bond acceptors (Lipinski definition) is 6. The molecule has 1 amide bonds. The number of benzene rings is 1. The second-order valence-corrected chi connectivity index (χ2v) is 6.28. The Morgan fingerprint density at radius 2 is 1.89 bits per heavy atom. The first-order valence-electron chi connectivity index (χ1n) is 9.02. The molecule has 1 heterocycles. The van der Waals surface area contributed by atoms with Crippen molar-refractivity contribution < 1.29 is 24.2 Å². The Labute approximate surface area is 162 Å². The van der Waals surface area contributed by atoms with Gasteiger partial charge in [0.1, 0.15) is 6.54 Å². The number of aliphatic carboxylic acids is 1. The first-order valence-corrected chi connectivity index (χ1v) is 9.02. The summed E-state index contributed by atoms with van der Waals surface area (Å²) in [7, 11) is 3.00. The van der Waals surface area contributed by atoms with E-state index in [1.54, 1.807) is 12.1 Å². The van der Waals surface area contributed by atoms with E-state index in [1.807, 2.05) is 6.92 Å². The van der Waals surface area contributed by atoms with Crippen LogP contribution in [0.3, 0.4) is 0 Å². The number of amides is 1. The van der Waals surface area contributed by atoms with Crippen molar-refractivity contribution in [2.45, 2.75) is 32.7 Å². The zero-order valence-corrected chi connectivity index (χ0v) is 16.3. The second kappa shape index (κ2) is 9.72. The van der Waals surface area contributed by atoms with Gasteiger partial charge < -0.3 is 19.5 Å². The second-order valence-electron chi connectivity index (χ2n) is 6.28. The summed E-state index contributed by atoms with van der Waals surface area (Å²) < 4.78 is 11.9. The van der Waals surface area contributed by atoms with Crippen LogP contribution in [0.5, 0.6) is 11.5 Å². The van der Waals surface area contributed by atoms with E-state index in [0.29, 0.717) is 48.3 Å². The van der Waals surface area contributed by atoms with Crippen molar-refractivity contribution in [1.29, 1.82) is 0 Å². The number of aromatic nitrogens is 2. The van der Waals surface area contributed by atoms with Crippen LogP contribution in [0.1, 0.15) is 26.2 Å². The predicted octanol–water partition coefficient (Wildman–Crippen LogP) is 1.52. The molecule has 0 saturated heterocycles. The summed E-state index contributed by atoms with van der Waals surface area (Å²) in [6, 6.07) is 3.22. The topological polar surface area (TPSA) is 111 Å². The molecule has 0 aliphatic rings. The van der Waals surface area contributed by atoms with Crippen LogP contribution in [-0.4, -0.2) is 58.7 Å². The minimum absolute atomic E-state index is 0.156. The van der Waals surface area contributed by atoms with Crippen LogP contribution in [-0.2, 0) is 16.1 Å². The van der Waals surface area contributed by atoms with Gasteiger partial charge in [0, 0.05) is 25.6 Å². The van der Waals surface area contributed by atoms with E-state index < -0.39 is 5.97 Å². The third-order valence-corrected chi connectivity index (χ3v) is 4.29. The highest BCUT2D eigenvalue weighted by molar-refractivity contribution is 5.82. The molecule has 28 heavy (non-hydrogen) atoms.